The van der Waals surface area contributed by atoms with Crippen LogP contribution in [0.1, 0.15) is 124 Å². The van der Waals surface area contributed by atoms with Crippen LogP contribution in [0.15, 0.2) is 121 Å². The van der Waals surface area contributed by atoms with E-state index in [1.54, 1.807) is 46.2 Å². The standard InChI is InChI=1S/C31H31F2N3O4.C24H24F2N2O4.C8H11NO/c32-24-7-6-23-15-31(16-28(38)25(23)14-24)9-11-36(12-10-31)30(40)35-18-22-5-8-27(33)26(13-22)29(39)34-17-20-1-3-21(19-37)4-2-20;1-32-22(30)19-10-15(2-5-20(19)26)14-27-23(31)28-8-6-24(7-9-28)12-16-3-4-17(25)11-18(16)21(29)13-24;9-5-7-1-3-8(6-10)4-2-7/h1-8,13-14,37H,9-12,15-19H2,(H,34,39)(H,35,40);2-5,10-11H,6-9,12-14H2,1H3,(H,27,31);1-4,10H,5-6,9H2. The summed E-state index contributed by atoms with van der Waals surface area (Å²) in [5.41, 5.74) is 12.1. The number of piperidine rings is 2. The Hall–Kier alpha value is -8.26. The second-order valence-electron chi connectivity index (χ2n) is 21.4. The monoisotopic (exact) mass is 1130 g/mol. The van der Waals surface area contributed by atoms with Crippen molar-refractivity contribution in [1.29, 1.82) is 0 Å². The molecule has 0 atom stereocenters. The Morgan fingerprint density at radius 3 is 1.33 bits per heavy atom. The minimum absolute atomic E-state index is 0.0404. The number of urea groups is 2. The molecule has 2 heterocycles. The van der Waals surface area contributed by atoms with Crippen LogP contribution in [-0.2, 0) is 57.0 Å². The van der Waals surface area contributed by atoms with Gasteiger partial charge in [-0.1, -0.05) is 72.8 Å². The second-order valence-corrected chi connectivity index (χ2v) is 21.4. The number of ether oxygens (including phenoxy) is 1. The van der Waals surface area contributed by atoms with Gasteiger partial charge in [0.1, 0.15) is 23.3 Å². The Kier molecular flexibility index (Phi) is 19.7. The summed E-state index contributed by atoms with van der Waals surface area (Å²) in [7, 11) is 1.18. The smallest absolute Gasteiger partial charge is 0.340 e. The highest BCUT2D eigenvalue weighted by atomic mass is 19.1. The van der Waals surface area contributed by atoms with E-state index in [0.29, 0.717) is 106 Å². The van der Waals surface area contributed by atoms with Gasteiger partial charge in [-0.3, -0.25) is 14.4 Å². The molecule has 2 aliphatic carbocycles. The number of carbonyl (C=O) groups is 6. The number of amides is 5. The summed E-state index contributed by atoms with van der Waals surface area (Å²) in [4.78, 5) is 78.5. The molecule has 0 bridgehead atoms. The van der Waals surface area contributed by atoms with Crippen molar-refractivity contribution >= 4 is 35.5 Å². The Balaban J connectivity index is 0.000000187. The number of nitrogens with zero attached hydrogens (tertiary/aromatic N) is 2. The molecule has 2 fully saturated rings. The quantitative estimate of drug-likeness (QED) is 0.0534. The van der Waals surface area contributed by atoms with Crippen LogP contribution in [0.4, 0.5) is 27.2 Å². The number of ketones is 2. The van der Waals surface area contributed by atoms with Crippen molar-refractivity contribution in [3.8, 4) is 0 Å². The zero-order valence-corrected chi connectivity index (χ0v) is 45.5. The van der Waals surface area contributed by atoms with Gasteiger partial charge in [0.05, 0.1) is 31.5 Å². The highest BCUT2D eigenvalue weighted by Crippen LogP contribution is 2.45. The van der Waals surface area contributed by atoms with Gasteiger partial charge in [0, 0.05) is 76.3 Å². The average Bonchev–Trinajstić information content (AvgIpc) is 3.01. The number of Topliss-reactive ketones (excluding diaryl/α,β-unsaturated/α-hetero) is 2. The molecule has 4 aliphatic rings. The number of nitrogens with one attached hydrogen (secondary N) is 3. The van der Waals surface area contributed by atoms with Gasteiger partial charge < -0.3 is 46.4 Å². The van der Waals surface area contributed by atoms with Crippen LogP contribution in [0.5, 0.6) is 0 Å². The molecule has 7 N–H and O–H groups in total. The number of fused-ring (bicyclic) bond motifs is 2. The van der Waals surface area contributed by atoms with Gasteiger partial charge in [-0.15, -0.1) is 0 Å². The predicted molar refractivity (Wildman–Crippen MR) is 297 cm³/mol. The van der Waals surface area contributed by atoms with Crippen molar-refractivity contribution in [2.24, 2.45) is 16.6 Å². The van der Waals surface area contributed by atoms with E-state index in [1.165, 1.54) is 67.8 Å². The summed E-state index contributed by atoms with van der Waals surface area (Å²) in [6.07, 6.45) is 4.84. The van der Waals surface area contributed by atoms with Gasteiger partial charge in [-0.2, -0.15) is 0 Å². The van der Waals surface area contributed by atoms with Gasteiger partial charge in [0.15, 0.2) is 11.6 Å². The first kappa shape index (κ1) is 59.9. The first-order chi connectivity index (χ1) is 39.4. The Labute approximate surface area is 472 Å². The van der Waals surface area contributed by atoms with Crippen LogP contribution in [0, 0.1) is 34.1 Å². The highest BCUT2D eigenvalue weighted by molar-refractivity contribution is 6.00. The number of hydrogen-bond acceptors (Lipinski definition) is 10. The number of nitrogens with two attached hydrogens (primary N) is 1. The van der Waals surface area contributed by atoms with E-state index in [-0.39, 0.29) is 78.4 Å². The lowest BCUT2D eigenvalue weighted by molar-refractivity contribution is 0.0594. The molecule has 0 saturated carbocycles. The van der Waals surface area contributed by atoms with Crippen LogP contribution in [-0.4, -0.2) is 88.8 Å². The number of methoxy groups -OCH3 is 1. The minimum atomic E-state index is -0.775. The lowest BCUT2D eigenvalue weighted by Crippen LogP contribution is -2.49. The van der Waals surface area contributed by atoms with Crippen LogP contribution >= 0.6 is 0 Å². The molecule has 15 nitrogen and oxygen atoms in total. The molecule has 5 amide bonds. The maximum atomic E-state index is 14.4. The molecule has 19 heteroatoms. The largest absolute Gasteiger partial charge is 0.465 e. The lowest BCUT2D eigenvalue weighted by Gasteiger charge is -2.44. The van der Waals surface area contributed by atoms with E-state index in [4.69, 9.17) is 15.9 Å². The third kappa shape index (κ3) is 15.0. The normalized spacial score (nSPS) is 15.7. The van der Waals surface area contributed by atoms with Gasteiger partial charge in [-0.05, 0) is 142 Å². The van der Waals surface area contributed by atoms with Crippen molar-refractivity contribution in [3.63, 3.8) is 0 Å². The lowest BCUT2D eigenvalue weighted by atomic mass is 9.66. The second kappa shape index (κ2) is 27.0. The topological polar surface area (TPSA) is 221 Å². The molecule has 0 unspecified atom stereocenters. The molecule has 2 spiro atoms. The zero-order chi connectivity index (χ0) is 58.6. The SMILES string of the molecule is COC(=O)c1cc(CNC(=O)N2CCC3(CC2)CC(=O)c2cc(F)ccc2C3)ccc1F.NCc1ccc(CO)cc1.O=C(NCc1ccc(CO)cc1)c1cc(CNC(=O)N2CCC3(CC2)CC(=O)c2cc(F)ccc2C3)ccc1F. The van der Waals surface area contributed by atoms with Crippen molar-refractivity contribution in [2.75, 3.05) is 33.3 Å². The third-order valence-corrected chi connectivity index (χ3v) is 15.9. The average molecular weight is 1130 g/mol. The number of benzene rings is 6. The van der Waals surface area contributed by atoms with Crippen LogP contribution in [0.3, 0.4) is 0 Å². The van der Waals surface area contributed by atoms with Crippen molar-refractivity contribution < 1.29 is 61.3 Å². The fraction of sp³-hybridized carbons (Fsp3) is 0.333. The van der Waals surface area contributed by atoms with E-state index in [1.807, 2.05) is 24.3 Å². The number of esters is 1. The number of rotatable bonds is 11. The zero-order valence-electron chi connectivity index (χ0n) is 45.5. The molecule has 6 aromatic rings. The molecule has 0 aromatic heterocycles. The summed E-state index contributed by atoms with van der Waals surface area (Å²) < 4.78 is 59.8. The fourth-order valence-electron chi connectivity index (χ4n) is 11.0. The maximum Gasteiger partial charge on any atom is 0.340 e. The van der Waals surface area contributed by atoms with E-state index in [2.05, 4.69) is 20.7 Å². The van der Waals surface area contributed by atoms with Crippen molar-refractivity contribution in [2.45, 2.75) is 90.8 Å². The van der Waals surface area contributed by atoms with Crippen molar-refractivity contribution in [3.05, 3.63) is 211 Å². The number of carbonyl (C=O) groups excluding carboxylic acids is 6. The molecular formula is C63H66F4N6O9. The van der Waals surface area contributed by atoms with E-state index in [0.717, 1.165) is 33.4 Å². The Morgan fingerprint density at radius 2 is 0.902 bits per heavy atom. The van der Waals surface area contributed by atoms with Crippen LogP contribution in [0.25, 0.3) is 0 Å². The third-order valence-electron chi connectivity index (χ3n) is 15.9. The van der Waals surface area contributed by atoms with Crippen LogP contribution < -0.4 is 21.7 Å². The molecule has 10 rings (SSSR count). The first-order valence-corrected chi connectivity index (χ1v) is 27.1. The Morgan fingerprint density at radius 1 is 0.512 bits per heavy atom. The summed E-state index contributed by atoms with van der Waals surface area (Å²) >= 11 is 0. The molecule has 0 radical (unpaired) electrons. The molecule has 6 aromatic carbocycles. The summed E-state index contributed by atoms with van der Waals surface area (Å²) in [5.74, 6) is -3.58. The molecule has 430 valence electrons. The predicted octanol–water partition coefficient (Wildman–Crippen LogP) is 9.02. The first-order valence-electron chi connectivity index (χ1n) is 27.1. The molecule has 2 saturated heterocycles. The summed E-state index contributed by atoms with van der Waals surface area (Å²) in [6.45, 7) is 3.06. The van der Waals surface area contributed by atoms with E-state index >= 15 is 0 Å². The highest BCUT2D eigenvalue weighted by Gasteiger charge is 2.43. The number of aliphatic hydroxyl groups excluding tert-OH is 2. The van der Waals surface area contributed by atoms with Crippen molar-refractivity contribution in [1.82, 2.24) is 25.8 Å². The van der Waals surface area contributed by atoms with Gasteiger partial charge in [0.2, 0.25) is 0 Å². The van der Waals surface area contributed by atoms with E-state index < -0.39 is 35.1 Å². The summed E-state index contributed by atoms with van der Waals surface area (Å²) in [5, 5.41) is 26.2. The van der Waals surface area contributed by atoms with Crippen LogP contribution in [0.2, 0.25) is 0 Å². The number of hydrogen-bond donors (Lipinski definition) is 6. The molecule has 82 heavy (non-hydrogen) atoms. The minimum Gasteiger partial charge on any atom is -0.465 e. The number of likely N-dealkylation sites (tertiary alicyclic amines) is 2. The van der Waals surface area contributed by atoms with Gasteiger partial charge >= 0.3 is 18.0 Å². The molecule has 2 aliphatic heterocycles. The molecular weight excluding hydrogens is 1060 g/mol. The summed E-state index contributed by atoms with van der Waals surface area (Å²) in [6, 6.07) is 31.1. The van der Waals surface area contributed by atoms with Gasteiger partial charge in [0.25, 0.3) is 5.91 Å². The Bertz CT molecular complexity index is 3280. The van der Waals surface area contributed by atoms with E-state index in [9.17, 15) is 46.3 Å². The number of halogens is 4. The van der Waals surface area contributed by atoms with Gasteiger partial charge in [-0.25, -0.2) is 31.9 Å². The fourth-order valence-corrected chi connectivity index (χ4v) is 11.0. The number of aliphatic hydroxyl groups is 2. The maximum absolute atomic E-state index is 14.4.